The van der Waals surface area contributed by atoms with E-state index in [1.807, 2.05) is 0 Å². The van der Waals surface area contributed by atoms with Crippen molar-refractivity contribution in [3.63, 3.8) is 0 Å². The molecule has 34 heavy (non-hydrogen) atoms. The van der Waals surface area contributed by atoms with Crippen LogP contribution in [0.15, 0.2) is 0 Å². The molecular formula is C22H35N5O7. The number of piperidine rings is 1. The molecule has 0 radical (unpaired) electrons. The van der Waals surface area contributed by atoms with E-state index in [1.165, 1.54) is 6.42 Å². The van der Waals surface area contributed by atoms with Crippen molar-refractivity contribution in [3.8, 4) is 0 Å². The fraction of sp³-hybridized carbons (Fsp3) is 0.727. The van der Waals surface area contributed by atoms with Crippen molar-refractivity contribution in [2.75, 3.05) is 26.2 Å². The fourth-order valence-corrected chi connectivity index (χ4v) is 3.93. The second-order valence-corrected chi connectivity index (χ2v) is 8.65. The van der Waals surface area contributed by atoms with Gasteiger partial charge in [-0.15, -0.1) is 5.06 Å². The van der Waals surface area contributed by atoms with Gasteiger partial charge < -0.3 is 20.8 Å². The lowest BCUT2D eigenvalue weighted by Gasteiger charge is -2.38. The first-order valence-electron chi connectivity index (χ1n) is 11.8. The lowest BCUT2D eigenvalue weighted by Crippen LogP contribution is -2.49. The molecule has 2 aliphatic rings. The number of rotatable bonds is 12. The summed E-state index contributed by atoms with van der Waals surface area (Å²) in [5, 5.41) is 8.32. The Morgan fingerprint density at radius 2 is 1.26 bits per heavy atom. The SMILES string of the molecule is CC1CCCC(C)N1CC(=O)NCCC(=O)NCCC(=O)NCCC(=O)ON1C(=O)CCC1=O. The van der Waals surface area contributed by atoms with E-state index in [4.69, 9.17) is 4.84 Å². The highest BCUT2D eigenvalue weighted by Gasteiger charge is 2.32. The molecule has 0 bridgehead atoms. The Bertz CT molecular complexity index is 762. The molecule has 0 aromatic carbocycles. The molecule has 3 N–H and O–H groups in total. The second-order valence-electron chi connectivity index (χ2n) is 8.65. The molecular weight excluding hydrogens is 446 g/mol. The number of hydrogen-bond donors (Lipinski definition) is 3. The number of nitrogens with one attached hydrogen (secondary N) is 3. The van der Waals surface area contributed by atoms with Crippen LogP contribution in [0, 0.1) is 0 Å². The quantitative estimate of drug-likeness (QED) is 0.312. The summed E-state index contributed by atoms with van der Waals surface area (Å²) in [5.41, 5.74) is 0. The first-order chi connectivity index (χ1) is 16.2. The van der Waals surface area contributed by atoms with E-state index in [2.05, 4.69) is 34.7 Å². The number of imide groups is 1. The van der Waals surface area contributed by atoms with Gasteiger partial charge in [-0.1, -0.05) is 6.42 Å². The molecule has 2 fully saturated rings. The molecule has 190 valence electrons. The standard InChI is InChI=1S/C22H35N5O7/c1-15-4-3-5-16(2)26(15)14-19(30)25-12-9-17(28)23-11-8-18(29)24-13-10-22(33)34-27-20(31)6-7-21(27)32/h15-16H,3-14H2,1-2H3,(H,23,28)(H,24,29)(H,25,30). The number of carbonyl (C=O) groups excluding carboxylic acids is 6. The van der Waals surface area contributed by atoms with Crippen molar-refractivity contribution in [1.29, 1.82) is 0 Å². The summed E-state index contributed by atoms with van der Waals surface area (Å²) in [4.78, 5) is 77.2. The van der Waals surface area contributed by atoms with Crippen LogP contribution in [0.25, 0.3) is 0 Å². The number of hydrogen-bond acceptors (Lipinski definition) is 8. The van der Waals surface area contributed by atoms with Gasteiger partial charge in [-0.25, -0.2) is 4.79 Å². The van der Waals surface area contributed by atoms with Crippen LogP contribution < -0.4 is 16.0 Å². The van der Waals surface area contributed by atoms with Crippen LogP contribution in [0.3, 0.4) is 0 Å². The zero-order valence-electron chi connectivity index (χ0n) is 19.9. The van der Waals surface area contributed by atoms with Crippen LogP contribution in [0.5, 0.6) is 0 Å². The molecule has 0 aromatic rings. The Morgan fingerprint density at radius 1 is 0.794 bits per heavy atom. The molecule has 12 heteroatoms. The third-order valence-electron chi connectivity index (χ3n) is 5.90. The van der Waals surface area contributed by atoms with Crippen molar-refractivity contribution in [2.45, 2.75) is 77.3 Å². The van der Waals surface area contributed by atoms with Gasteiger partial charge >= 0.3 is 5.97 Å². The number of likely N-dealkylation sites (tertiary alicyclic amines) is 1. The largest absolute Gasteiger partial charge is 0.356 e. The van der Waals surface area contributed by atoms with E-state index in [0.717, 1.165) is 12.8 Å². The van der Waals surface area contributed by atoms with Crippen molar-refractivity contribution in [2.24, 2.45) is 0 Å². The molecule has 0 saturated carbocycles. The predicted octanol–water partition coefficient (Wildman–Crippen LogP) is -0.625. The van der Waals surface area contributed by atoms with Crippen LogP contribution in [0.1, 0.15) is 65.2 Å². The Morgan fingerprint density at radius 3 is 1.79 bits per heavy atom. The first kappa shape index (κ1) is 27.2. The van der Waals surface area contributed by atoms with Gasteiger partial charge in [-0.3, -0.25) is 28.9 Å². The summed E-state index contributed by atoms with van der Waals surface area (Å²) in [7, 11) is 0. The smallest absolute Gasteiger partial charge is 0.334 e. The summed E-state index contributed by atoms with van der Waals surface area (Å²) >= 11 is 0. The maximum atomic E-state index is 12.2. The number of amides is 5. The molecule has 2 heterocycles. The highest BCUT2D eigenvalue weighted by atomic mass is 16.7. The highest BCUT2D eigenvalue weighted by Crippen LogP contribution is 2.21. The lowest BCUT2D eigenvalue weighted by molar-refractivity contribution is -0.197. The highest BCUT2D eigenvalue weighted by molar-refractivity contribution is 6.01. The summed E-state index contributed by atoms with van der Waals surface area (Å²) in [5.74, 6) is -2.70. The lowest BCUT2D eigenvalue weighted by atomic mass is 9.97. The van der Waals surface area contributed by atoms with E-state index >= 15 is 0 Å². The summed E-state index contributed by atoms with van der Waals surface area (Å²) in [6.07, 6.45) is 3.28. The topological polar surface area (TPSA) is 154 Å². The summed E-state index contributed by atoms with van der Waals surface area (Å²) in [6.45, 7) is 4.87. The predicted molar refractivity (Wildman–Crippen MR) is 120 cm³/mol. The zero-order chi connectivity index (χ0) is 25.1. The number of hydroxylamine groups is 2. The minimum atomic E-state index is -0.802. The van der Waals surface area contributed by atoms with Gasteiger partial charge in [0, 0.05) is 57.4 Å². The second kappa shape index (κ2) is 13.6. The average molecular weight is 482 g/mol. The molecule has 2 atom stereocenters. The Balaban J connectivity index is 1.49. The van der Waals surface area contributed by atoms with E-state index in [-0.39, 0.29) is 69.5 Å². The molecule has 2 aliphatic heterocycles. The average Bonchev–Trinajstić information content (AvgIpc) is 3.08. The molecule has 2 unspecified atom stereocenters. The molecule has 12 nitrogen and oxygen atoms in total. The van der Waals surface area contributed by atoms with Crippen molar-refractivity contribution < 1.29 is 33.6 Å². The van der Waals surface area contributed by atoms with Gasteiger partial charge in [0.2, 0.25) is 17.7 Å². The maximum Gasteiger partial charge on any atom is 0.334 e. The van der Waals surface area contributed by atoms with Crippen LogP contribution in [-0.2, 0) is 33.6 Å². The van der Waals surface area contributed by atoms with E-state index in [0.29, 0.717) is 23.7 Å². The number of carbonyl (C=O) groups is 6. The first-order valence-corrected chi connectivity index (χ1v) is 11.8. The van der Waals surface area contributed by atoms with Crippen molar-refractivity contribution >= 4 is 35.5 Å². The van der Waals surface area contributed by atoms with Crippen LogP contribution >= 0.6 is 0 Å². The number of nitrogens with zero attached hydrogens (tertiary/aromatic N) is 2. The van der Waals surface area contributed by atoms with Crippen molar-refractivity contribution in [3.05, 3.63) is 0 Å². The third-order valence-corrected chi connectivity index (χ3v) is 5.90. The van der Waals surface area contributed by atoms with Gasteiger partial charge in [-0.05, 0) is 26.7 Å². The summed E-state index contributed by atoms with van der Waals surface area (Å²) < 4.78 is 0. The molecule has 2 rings (SSSR count). The van der Waals surface area contributed by atoms with Crippen LogP contribution in [0.4, 0.5) is 0 Å². The van der Waals surface area contributed by atoms with E-state index in [1.54, 1.807) is 0 Å². The molecule has 5 amide bonds. The van der Waals surface area contributed by atoms with E-state index < -0.39 is 17.8 Å². The molecule has 2 saturated heterocycles. The molecule has 0 spiro atoms. The minimum Gasteiger partial charge on any atom is -0.356 e. The Kier molecular flexibility index (Phi) is 10.9. The van der Waals surface area contributed by atoms with Crippen molar-refractivity contribution in [1.82, 2.24) is 25.9 Å². The summed E-state index contributed by atoms with van der Waals surface area (Å²) in [6, 6.07) is 0.737. The van der Waals surface area contributed by atoms with Gasteiger partial charge in [0.15, 0.2) is 0 Å². The Hall–Kier alpha value is -3.02. The minimum absolute atomic E-state index is 0.0120. The van der Waals surface area contributed by atoms with Gasteiger partial charge in [0.1, 0.15) is 0 Å². The van der Waals surface area contributed by atoms with Gasteiger partial charge in [0.25, 0.3) is 11.8 Å². The molecule has 0 aromatic heterocycles. The molecule has 0 aliphatic carbocycles. The fourth-order valence-electron chi connectivity index (χ4n) is 3.93. The monoisotopic (exact) mass is 481 g/mol. The van der Waals surface area contributed by atoms with Crippen LogP contribution in [0.2, 0.25) is 0 Å². The zero-order valence-corrected chi connectivity index (χ0v) is 19.9. The van der Waals surface area contributed by atoms with Crippen LogP contribution in [-0.4, -0.2) is 83.7 Å². The van der Waals surface area contributed by atoms with Gasteiger partial charge in [0.05, 0.1) is 13.0 Å². The van der Waals surface area contributed by atoms with Gasteiger partial charge in [-0.2, -0.15) is 0 Å². The normalized spacial score (nSPS) is 20.7. The third kappa shape index (κ3) is 9.08. The van der Waals surface area contributed by atoms with E-state index in [9.17, 15) is 28.8 Å². The Labute approximate surface area is 199 Å². The maximum absolute atomic E-state index is 12.2.